The van der Waals surface area contributed by atoms with Crippen LogP contribution in [0.1, 0.15) is 34.6 Å². The Bertz CT molecular complexity index is 422. The molecule has 0 aromatic heterocycles. The van der Waals surface area contributed by atoms with Crippen molar-refractivity contribution < 1.29 is 14.0 Å². The van der Waals surface area contributed by atoms with Gasteiger partial charge in [0.2, 0.25) is 0 Å². The molecule has 0 amide bonds. The highest BCUT2D eigenvalue weighted by Gasteiger charge is 2.56. The first kappa shape index (κ1) is 14.9. The molecule has 2 bridgehead atoms. The Hall–Kier alpha value is -0.453. The van der Waals surface area contributed by atoms with Crippen LogP contribution in [0, 0.1) is 11.8 Å². The molecule has 4 atom stereocenters. The minimum Gasteiger partial charge on any atom is -0.386 e. The quantitative estimate of drug-likeness (QED) is 0.574. The van der Waals surface area contributed by atoms with Gasteiger partial charge < -0.3 is 9.16 Å². The Morgan fingerprint density at radius 3 is 2.42 bits per heavy atom. The van der Waals surface area contributed by atoms with Crippen LogP contribution in [0.5, 0.6) is 0 Å². The van der Waals surface area contributed by atoms with Crippen molar-refractivity contribution in [2.24, 2.45) is 11.8 Å². The Labute approximate surface area is 117 Å². The van der Waals surface area contributed by atoms with Gasteiger partial charge in [0, 0.05) is 5.92 Å². The number of hydrogen-bond donors (Lipinski definition) is 0. The number of ether oxygens (including phenoxy) is 1. The van der Waals surface area contributed by atoms with Crippen molar-refractivity contribution in [1.29, 1.82) is 0 Å². The van der Waals surface area contributed by atoms with Gasteiger partial charge in [0.15, 0.2) is 14.1 Å². The number of hydrogen-bond acceptors (Lipinski definition) is 3. The zero-order chi connectivity index (χ0) is 14.6. The van der Waals surface area contributed by atoms with Crippen LogP contribution in [0.25, 0.3) is 0 Å². The van der Waals surface area contributed by atoms with Gasteiger partial charge in [-0.15, -0.1) is 0 Å². The summed E-state index contributed by atoms with van der Waals surface area (Å²) in [5.41, 5.74) is 0. The Kier molecular flexibility index (Phi) is 3.36. The molecule has 0 aliphatic carbocycles. The van der Waals surface area contributed by atoms with Gasteiger partial charge in [-0.25, -0.2) is 0 Å². The molecule has 2 aliphatic heterocycles. The number of Topliss-reactive ketones (excluding diaryl/α,β-unsaturated/α-hetero) is 1. The van der Waals surface area contributed by atoms with E-state index in [4.69, 9.17) is 9.16 Å². The third-order valence-corrected chi connectivity index (χ3v) is 9.47. The summed E-state index contributed by atoms with van der Waals surface area (Å²) in [6.45, 7) is 14.9. The number of fused-ring (bicyclic) bond motifs is 2. The Morgan fingerprint density at radius 2 is 1.89 bits per heavy atom. The van der Waals surface area contributed by atoms with Gasteiger partial charge in [0.25, 0.3) is 0 Å². The average molecular weight is 282 g/mol. The molecule has 2 aliphatic rings. The lowest BCUT2D eigenvalue weighted by molar-refractivity contribution is -0.220. The lowest BCUT2D eigenvalue weighted by Crippen LogP contribution is -2.58. The van der Waals surface area contributed by atoms with E-state index in [0.717, 1.165) is 0 Å². The maximum Gasteiger partial charge on any atom is 0.196 e. The monoisotopic (exact) mass is 282 g/mol. The number of rotatable bonds is 2. The molecule has 0 radical (unpaired) electrons. The molecule has 0 N–H and O–H groups in total. The van der Waals surface area contributed by atoms with E-state index >= 15 is 0 Å². The average Bonchev–Trinajstić information content (AvgIpc) is 2.65. The van der Waals surface area contributed by atoms with E-state index in [-0.39, 0.29) is 28.8 Å². The summed E-state index contributed by atoms with van der Waals surface area (Å²) in [5.74, 6) is -0.867. The van der Waals surface area contributed by atoms with Gasteiger partial charge in [-0.1, -0.05) is 33.8 Å². The molecule has 0 saturated carbocycles. The summed E-state index contributed by atoms with van der Waals surface area (Å²) in [5, 5.41) is 0.100. The number of carbonyl (C=O) groups is 1. The topological polar surface area (TPSA) is 35.5 Å². The highest BCUT2D eigenvalue weighted by atomic mass is 28.4. The minimum atomic E-state index is -1.98. The molecular weight excluding hydrogens is 256 g/mol. The van der Waals surface area contributed by atoms with Gasteiger partial charge in [0.1, 0.15) is 5.78 Å². The minimum absolute atomic E-state index is 0.0649. The summed E-state index contributed by atoms with van der Waals surface area (Å²) in [6, 6.07) is 0. The first-order valence-corrected chi connectivity index (χ1v) is 10.0. The summed E-state index contributed by atoms with van der Waals surface area (Å²) >= 11 is 0. The van der Waals surface area contributed by atoms with Crippen LogP contribution >= 0.6 is 0 Å². The van der Waals surface area contributed by atoms with Gasteiger partial charge in [-0.3, -0.25) is 4.79 Å². The zero-order valence-corrected chi connectivity index (χ0v) is 14.1. The van der Waals surface area contributed by atoms with E-state index in [9.17, 15) is 4.79 Å². The maximum atomic E-state index is 12.3. The van der Waals surface area contributed by atoms with Crippen molar-refractivity contribution in [1.82, 2.24) is 0 Å². The van der Waals surface area contributed by atoms with Gasteiger partial charge >= 0.3 is 0 Å². The second-order valence-corrected chi connectivity index (χ2v) is 12.2. The first-order chi connectivity index (χ1) is 8.50. The molecule has 19 heavy (non-hydrogen) atoms. The fraction of sp³-hybridized carbons (Fsp3) is 0.800. The van der Waals surface area contributed by atoms with Gasteiger partial charge in [0.05, 0.1) is 12.0 Å². The second-order valence-electron chi connectivity index (χ2n) is 7.44. The number of carbonyl (C=O) groups excluding carboxylic acids is 1. The van der Waals surface area contributed by atoms with Crippen LogP contribution in [0.4, 0.5) is 0 Å². The van der Waals surface area contributed by atoms with E-state index in [2.05, 4.69) is 33.9 Å². The summed E-state index contributed by atoms with van der Waals surface area (Å²) < 4.78 is 12.6. The van der Waals surface area contributed by atoms with Crippen molar-refractivity contribution >= 4 is 14.1 Å². The molecule has 108 valence electrons. The van der Waals surface area contributed by atoms with Crippen LogP contribution in [-0.2, 0) is 14.0 Å². The first-order valence-electron chi connectivity index (χ1n) is 7.11. The highest BCUT2D eigenvalue weighted by Crippen LogP contribution is 2.47. The van der Waals surface area contributed by atoms with Crippen LogP contribution in [0.15, 0.2) is 12.2 Å². The van der Waals surface area contributed by atoms with Crippen LogP contribution in [-0.4, -0.2) is 26.0 Å². The van der Waals surface area contributed by atoms with E-state index < -0.39 is 14.1 Å². The highest BCUT2D eigenvalue weighted by molar-refractivity contribution is 6.74. The standard InChI is InChI=1S/C15H26O3Si/c1-10-12-8-9-15(17-12,11(2)13(10)16)18-19(6,7)14(3,4)5/h8-12H,1-7H3/t10-,11-,12+,15-/m1/s1. The van der Waals surface area contributed by atoms with Crippen LogP contribution < -0.4 is 0 Å². The van der Waals surface area contributed by atoms with Gasteiger partial charge in [-0.05, 0) is 31.1 Å². The predicted molar refractivity (Wildman–Crippen MR) is 78.4 cm³/mol. The molecule has 1 fully saturated rings. The lowest BCUT2D eigenvalue weighted by Gasteiger charge is -2.47. The molecule has 2 heterocycles. The zero-order valence-electron chi connectivity index (χ0n) is 13.1. The van der Waals surface area contributed by atoms with Crippen LogP contribution in [0.3, 0.4) is 0 Å². The predicted octanol–water partition coefficient (Wildman–Crippen LogP) is 3.51. The molecule has 0 aromatic carbocycles. The normalized spacial score (nSPS) is 38.9. The third-order valence-electron chi connectivity index (χ3n) is 5.03. The largest absolute Gasteiger partial charge is 0.386 e. The van der Waals surface area contributed by atoms with Crippen LogP contribution in [0.2, 0.25) is 18.1 Å². The molecule has 0 unspecified atom stereocenters. The van der Waals surface area contributed by atoms with Crippen molar-refractivity contribution in [3.05, 3.63) is 12.2 Å². The van der Waals surface area contributed by atoms with Crippen molar-refractivity contribution in [2.45, 2.75) is 64.6 Å². The molecule has 2 rings (SSSR count). The van der Waals surface area contributed by atoms with E-state index in [1.165, 1.54) is 0 Å². The maximum absolute atomic E-state index is 12.3. The molecule has 1 saturated heterocycles. The van der Waals surface area contributed by atoms with Crippen molar-refractivity contribution in [3.63, 3.8) is 0 Å². The SMILES string of the molecule is C[C@@H]1C(=O)[C@H](C)[C@@H]2C=C[C@]1(O[Si](C)(C)C(C)(C)C)O2. The van der Waals surface area contributed by atoms with E-state index in [1.807, 2.05) is 26.0 Å². The molecule has 4 heteroatoms. The summed E-state index contributed by atoms with van der Waals surface area (Å²) in [6.07, 6.45) is 3.86. The second kappa shape index (κ2) is 4.27. The van der Waals surface area contributed by atoms with E-state index in [1.54, 1.807) is 0 Å². The summed E-state index contributed by atoms with van der Waals surface area (Å²) in [7, 11) is -1.98. The number of ketones is 1. The van der Waals surface area contributed by atoms with Crippen molar-refractivity contribution in [3.8, 4) is 0 Å². The molecule has 3 nitrogen and oxygen atoms in total. The fourth-order valence-electron chi connectivity index (χ4n) is 2.49. The lowest BCUT2D eigenvalue weighted by atomic mass is 9.86. The molecule has 0 spiro atoms. The third kappa shape index (κ3) is 2.24. The summed E-state index contributed by atoms with van der Waals surface area (Å²) in [4.78, 5) is 12.3. The van der Waals surface area contributed by atoms with Gasteiger partial charge in [-0.2, -0.15) is 0 Å². The molecule has 0 aromatic rings. The Balaban J connectivity index is 2.30. The smallest absolute Gasteiger partial charge is 0.196 e. The van der Waals surface area contributed by atoms with E-state index in [0.29, 0.717) is 0 Å². The van der Waals surface area contributed by atoms with Crippen molar-refractivity contribution in [2.75, 3.05) is 0 Å². The molecular formula is C15H26O3Si. The fourth-order valence-corrected chi connectivity index (χ4v) is 3.88. The Morgan fingerprint density at radius 1 is 1.32 bits per heavy atom.